The number of nitrogens with two attached hydrogens (primary N) is 1. The summed E-state index contributed by atoms with van der Waals surface area (Å²) in [5.74, 6) is 0. The van der Waals surface area contributed by atoms with Gasteiger partial charge in [0.15, 0.2) is 0 Å². The van der Waals surface area contributed by atoms with Crippen molar-refractivity contribution in [2.45, 2.75) is 63.5 Å². The quantitative estimate of drug-likeness (QED) is 0.718. The Morgan fingerprint density at radius 2 is 2.00 bits per heavy atom. The van der Waals surface area contributed by atoms with Gasteiger partial charge in [-0.1, -0.05) is 12.8 Å². The number of likely N-dealkylation sites (tertiary alicyclic amines) is 1. The third-order valence-corrected chi connectivity index (χ3v) is 4.49. The first kappa shape index (κ1) is 13.3. The largest absolute Gasteiger partial charge is 0.324 e. The molecule has 0 spiro atoms. The maximum atomic E-state index is 6.35. The van der Waals surface area contributed by atoms with E-state index >= 15 is 0 Å². The summed E-state index contributed by atoms with van der Waals surface area (Å²) in [5.41, 5.74) is 6.37. The van der Waals surface area contributed by atoms with Crippen LogP contribution in [0.4, 0.5) is 0 Å². The molecule has 2 unspecified atom stereocenters. The smallest absolute Gasteiger partial charge is 0.0281 e. The summed E-state index contributed by atoms with van der Waals surface area (Å²) in [7, 11) is 0. The minimum atomic E-state index is 0.0197. The van der Waals surface area contributed by atoms with Crippen molar-refractivity contribution in [3.05, 3.63) is 0 Å². The minimum absolute atomic E-state index is 0.0197. The summed E-state index contributed by atoms with van der Waals surface area (Å²) in [4.78, 5) is 2.59. The van der Waals surface area contributed by atoms with Crippen LogP contribution in [0.2, 0.25) is 0 Å². The Bertz CT molecular complexity index is 222. The Hall–Kier alpha value is -0.120. The van der Waals surface area contributed by atoms with Crippen molar-refractivity contribution in [2.24, 2.45) is 5.73 Å². The van der Waals surface area contributed by atoms with Crippen LogP contribution in [-0.2, 0) is 0 Å². The first-order valence-electron chi connectivity index (χ1n) is 7.43. The normalized spacial score (nSPS) is 35.3. The van der Waals surface area contributed by atoms with Gasteiger partial charge in [-0.3, -0.25) is 0 Å². The highest BCUT2D eigenvalue weighted by Gasteiger charge is 2.31. The molecule has 3 nitrogen and oxygen atoms in total. The Morgan fingerprint density at radius 1 is 1.24 bits per heavy atom. The zero-order valence-corrected chi connectivity index (χ0v) is 11.4. The Balaban J connectivity index is 1.60. The fraction of sp³-hybridized carbons (Fsp3) is 1.00. The summed E-state index contributed by atoms with van der Waals surface area (Å²) in [6.45, 7) is 7.25. The summed E-state index contributed by atoms with van der Waals surface area (Å²) in [6.07, 6.45) is 9.16. The van der Waals surface area contributed by atoms with Crippen LogP contribution >= 0.6 is 0 Å². The predicted octanol–water partition coefficient (Wildman–Crippen LogP) is 1.72. The lowest BCUT2D eigenvalue weighted by atomic mass is 9.79. The molecule has 0 amide bonds. The van der Waals surface area contributed by atoms with Crippen molar-refractivity contribution in [1.82, 2.24) is 10.2 Å². The van der Waals surface area contributed by atoms with Crippen molar-refractivity contribution >= 4 is 0 Å². The van der Waals surface area contributed by atoms with Crippen molar-refractivity contribution in [2.75, 3.05) is 26.2 Å². The SMILES string of the molecule is CC1(N)CCCCC1NCCCN1CCCC1. The molecule has 0 bridgehead atoms. The van der Waals surface area contributed by atoms with Gasteiger partial charge in [-0.05, 0) is 65.2 Å². The van der Waals surface area contributed by atoms with Gasteiger partial charge in [0.1, 0.15) is 0 Å². The Morgan fingerprint density at radius 3 is 2.71 bits per heavy atom. The lowest BCUT2D eigenvalue weighted by Crippen LogP contribution is -2.57. The van der Waals surface area contributed by atoms with Gasteiger partial charge >= 0.3 is 0 Å². The van der Waals surface area contributed by atoms with E-state index in [1.54, 1.807) is 0 Å². The number of hydrogen-bond donors (Lipinski definition) is 2. The standard InChI is InChI=1S/C14H29N3/c1-14(15)8-3-2-7-13(14)16-9-6-12-17-10-4-5-11-17/h13,16H,2-12,15H2,1H3. The molecule has 1 aliphatic carbocycles. The fourth-order valence-electron chi connectivity index (χ4n) is 3.28. The Labute approximate surface area is 106 Å². The highest BCUT2D eigenvalue weighted by Crippen LogP contribution is 2.25. The van der Waals surface area contributed by atoms with Crippen molar-refractivity contribution in [3.63, 3.8) is 0 Å². The molecule has 0 aromatic rings. The van der Waals surface area contributed by atoms with Crippen LogP contribution in [0.1, 0.15) is 51.9 Å². The van der Waals surface area contributed by atoms with Crippen LogP contribution in [0.15, 0.2) is 0 Å². The first-order valence-corrected chi connectivity index (χ1v) is 7.43. The number of nitrogens with zero attached hydrogens (tertiary/aromatic N) is 1. The molecule has 100 valence electrons. The van der Waals surface area contributed by atoms with Gasteiger partial charge in [0.05, 0.1) is 0 Å². The maximum Gasteiger partial charge on any atom is 0.0281 e. The summed E-state index contributed by atoms with van der Waals surface area (Å²) in [5, 5.41) is 3.68. The highest BCUT2D eigenvalue weighted by atomic mass is 15.1. The third kappa shape index (κ3) is 3.94. The van der Waals surface area contributed by atoms with Crippen LogP contribution in [0.3, 0.4) is 0 Å². The molecule has 0 aromatic heterocycles. The molecular weight excluding hydrogens is 210 g/mol. The monoisotopic (exact) mass is 239 g/mol. The van der Waals surface area contributed by atoms with Crippen molar-refractivity contribution in [1.29, 1.82) is 0 Å². The van der Waals surface area contributed by atoms with Gasteiger partial charge in [-0.25, -0.2) is 0 Å². The molecule has 3 heteroatoms. The van der Waals surface area contributed by atoms with Gasteiger partial charge in [0, 0.05) is 11.6 Å². The molecule has 1 saturated heterocycles. The van der Waals surface area contributed by atoms with E-state index in [1.165, 1.54) is 64.6 Å². The van der Waals surface area contributed by atoms with Crippen LogP contribution < -0.4 is 11.1 Å². The van der Waals surface area contributed by atoms with E-state index < -0.39 is 0 Å². The number of nitrogens with one attached hydrogen (secondary N) is 1. The molecule has 2 rings (SSSR count). The molecule has 1 aliphatic heterocycles. The van der Waals surface area contributed by atoms with Crippen LogP contribution in [-0.4, -0.2) is 42.7 Å². The molecule has 0 aromatic carbocycles. The van der Waals surface area contributed by atoms with E-state index in [4.69, 9.17) is 5.73 Å². The lowest BCUT2D eigenvalue weighted by molar-refractivity contribution is 0.230. The fourth-order valence-corrected chi connectivity index (χ4v) is 3.28. The maximum absolute atomic E-state index is 6.35. The molecule has 1 saturated carbocycles. The highest BCUT2D eigenvalue weighted by molar-refractivity contribution is 4.95. The van der Waals surface area contributed by atoms with Gasteiger partial charge in [0.25, 0.3) is 0 Å². The van der Waals surface area contributed by atoms with E-state index in [0.717, 1.165) is 6.54 Å². The molecule has 2 aliphatic rings. The molecule has 2 atom stereocenters. The molecule has 17 heavy (non-hydrogen) atoms. The second-order valence-electron chi connectivity index (χ2n) is 6.16. The van der Waals surface area contributed by atoms with Crippen LogP contribution in [0.25, 0.3) is 0 Å². The molecule has 2 fully saturated rings. The van der Waals surface area contributed by atoms with Crippen LogP contribution in [0, 0.1) is 0 Å². The van der Waals surface area contributed by atoms with E-state index in [1.807, 2.05) is 0 Å². The summed E-state index contributed by atoms with van der Waals surface area (Å²) >= 11 is 0. The molecule has 3 N–H and O–H groups in total. The van der Waals surface area contributed by atoms with Gasteiger partial charge < -0.3 is 16.0 Å². The summed E-state index contributed by atoms with van der Waals surface area (Å²) in [6, 6.07) is 0.537. The zero-order chi connectivity index (χ0) is 12.1. The second-order valence-corrected chi connectivity index (χ2v) is 6.16. The van der Waals surface area contributed by atoms with Crippen LogP contribution in [0.5, 0.6) is 0 Å². The van der Waals surface area contributed by atoms with E-state index in [9.17, 15) is 0 Å². The topological polar surface area (TPSA) is 41.3 Å². The van der Waals surface area contributed by atoms with E-state index in [-0.39, 0.29) is 5.54 Å². The van der Waals surface area contributed by atoms with E-state index in [2.05, 4.69) is 17.1 Å². The third-order valence-electron chi connectivity index (χ3n) is 4.49. The number of hydrogen-bond acceptors (Lipinski definition) is 3. The van der Waals surface area contributed by atoms with Gasteiger partial charge in [0.2, 0.25) is 0 Å². The molecule has 0 radical (unpaired) electrons. The Kier molecular flexibility index (Phi) is 4.83. The van der Waals surface area contributed by atoms with Gasteiger partial charge in [-0.2, -0.15) is 0 Å². The molecular formula is C14H29N3. The van der Waals surface area contributed by atoms with Crippen molar-refractivity contribution in [3.8, 4) is 0 Å². The summed E-state index contributed by atoms with van der Waals surface area (Å²) < 4.78 is 0. The number of rotatable bonds is 5. The average molecular weight is 239 g/mol. The van der Waals surface area contributed by atoms with E-state index in [0.29, 0.717) is 6.04 Å². The van der Waals surface area contributed by atoms with Crippen molar-refractivity contribution < 1.29 is 0 Å². The minimum Gasteiger partial charge on any atom is -0.324 e. The zero-order valence-electron chi connectivity index (χ0n) is 11.4. The predicted molar refractivity (Wildman–Crippen MR) is 73.1 cm³/mol. The van der Waals surface area contributed by atoms with Gasteiger partial charge in [-0.15, -0.1) is 0 Å². The molecule has 1 heterocycles. The second kappa shape index (κ2) is 6.17. The average Bonchev–Trinajstić information content (AvgIpc) is 2.79. The lowest BCUT2D eigenvalue weighted by Gasteiger charge is -2.39. The first-order chi connectivity index (χ1) is 8.18.